The molecule has 0 saturated carbocycles. The lowest BCUT2D eigenvalue weighted by atomic mass is 10.0. The topological polar surface area (TPSA) is 69.7 Å². The van der Waals surface area contributed by atoms with Crippen molar-refractivity contribution in [3.8, 4) is 10.6 Å². The van der Waals surface area contributed by atoms with Gasteiger partial charge in [-0.1, -0.05) is 48.6 Å². The summed E-state index contributed by atoms with van der Waals surface area (Å²) in [4.78, 5) is 10.2. The second kappa shape index (κ2) is 8.19. The summed E-state index contributed by atoms with van der Waals surface area (Å²) in [5.41, 5.74) is 2.25. The summed E-state index contributed by atoms with van der Waals surface area (Å²) < 4.78 is 0. The average Bonchev–Trinajstić information content (AvgIpc) is 3.37. The van der Waals surface area contributed by atoms with Gasteiger partial charge in [-0.3, -0.25) is 0 Å². The van der Waals surface area contributed by atoms with Crippen molar-refractivity contribution in [1.82, 2.24) is 25.5 Å². The molecule has 1 aliphatic heterocycles. The van der Waals surface area contributed by atoms with E-state index in [0.29, 0.717) is 12.1 Å². The molecule has 27 heavy (non-hydrogen) atoms. The summed E-state index contributed by atoms with van der Waals surface area (Å²) in [7, 11) is 0. The summed E-state index contributed by atoms with van der Waals surface area (Å²) in [5.74, 6) is 1.05. The van der Waals surface area contributed by atoms with E-state index in [1.165, 1.54) is 0 Å². The van der Waals surface area contributed by atoms with Gasteiger partial charge in [-0.15, -0.1) is 10.2 Å². The Bertz CT molecular complexity index is 850. The van der Waals surface area contributed by atoms with Gasteiger partial charge in [0, 0.05) is 36.6 Å². The predicted molar refractivity (Wildman–Crippen MR) is 110 cm³/mol. The fourth-order valence-corrected chi connectivity index (χ4v) is 4.46. The molecule has 6 nitrogen and oxygen atoms in total. The largest absolute Gasteiger partial charge is 0.347 e. The summed E-state index contributed by atoms with van der Waals surface area (Å²) in [6.07, 6.45) is 5.15. The molecule has 1 fully saturated rings. The molecule has 2 aromatic heterocycles. The minimum Gasteiger partial charge on any atom is -0.347 e. The first-order chi connectivity index (χ1) is 13.2. The molecule has 1 aromatic carbocycles. The third-order valence-corrected chi connectivity index (χ3v) is 6.13. The van der Waals surface area contributed by atoms with Gasteiger partial charge in [0.1, 0.15) is 10.8 Å². The normalized spacial score (nSPS) is 16.6. The summed E-state index contributed by atoms with van der Waals surface area (Å²) in [6.45, 7) is 6.27. The highest BCUT2D eigenvalue weighted by molar-refractivity contribution is 7.18. The second-order valence-corrected chi connectivity index (χ2v) is 8.05. The lowest BCUT2D eigenvalue weighted by Crippen LogP contribution is -2.43. The van der Waals surface area contributed by atoms with Crippen molar-refractivity contribution in [2.45, 2.75) is 45.2 Å². The molecule has 0 radical (unpaired) electrons. The van der Waals surface area contributed by atoms with Crippen LogP contribution >= 0.6 is 11.3 Å². The molecule has 3 heterocycles. The van der Waals surface area contributed by atoms with Crippen LogP contribution in [0.2, 0.25) is 0 Å². The van der Waals surface area contributed by atoms with Gasteiger partial charge in [0.05, 0.1) is 6.04 Å². The van der Waals surface area contributed by atoms with E-state index in [1.54, 1.807) is 11.3 Å². The third-order valence-electron chi connectivity index (χ3n) is 5.10. The van der Waals surface area contributed by atoms with Crippen LogP contribution in [-0.4, -0.2) is 39.3 Å². The molecule has 142 valence electrons. The van der Waals surface area contributed by atoms with E-state index >= 15 is 0 Å². The molecule has 0 unspecified atom stereocenters. The number of H-pyrrole nitrogens is 1. The second-order valence-electron chi connectivity index (χ2n) is 7.10. The number of rotatable bonds is 6. The zero-order valence-corrected chi connectivity index (χ0v) is 16.7. The Hall–Kier alpha value is -2.25. The van der Waals surface area contributed by atoms with Crippen molar-refractivity contribution in [2.75, 3.05) is 18.0 Å². The SMILES string of the molecule is CC[C@H](NC1CCN(c2nnc(-c3ccccc3)s2)CC1)c1ncc(C)[nH]1. The van der Waals surface area contributed by atoms with E-state index in [0.717, 1.165) is 59.6 Å². The van der Waals surface area contributed by atoms with Crippen molar-refractivity contribution in [1.29, 1.82) is 0 Å². The standard InChI is InChI=1S/C20H26N6S/c1-3-17(18-21-13-14(2)22-18)23-16-9-11-26(12-10-16)20-25-24-19(27-20)15-7-5-4-6-8-15/h4-8,13,16-17,23H,3,9-12H2,1-2H3,(H,21,22)/t17-/m0/s1. The molecule has 2 N–H and O–H groups in total. The maximum absolute atomic E-state index is 4.50. The first-order valence-electron chi connectivity index (χ1n) is 9.64. The van der Waals surface area contributed by atoms with Crippen molar-refractivity contribution in [3.63, 3.8) is 0 Å². The predicted octanol–water partition coefficient (Wildman–Crippen LogP) is 3.95. The van der Waals surface area contributed by atoms with Crippen molar-refractivity contribution >= 4 is 16.5 Å². The number of piperidine rings is 1. The molecule has 1 atom stereocenters. The van der Waals surface area contributed by atoms with Gasteiger partial charge < -0.3 is 15.2 Å². The van der Waals surface area contributed by atoms with Gasteiger partial charge in [-0.25, -0.2) is 4.98 Å². The fourth-order valence-electron chi connectivity index (χ4n) is 3.56. The summed E-state index contributed by atoms with van der Waals surface area (Å²) in [6, 6.07) is 11.1. The van der Waals surface area contributed by atoms with E-state index in [9.17, 15) is 0 Å². The number of anilines is 1. The van der Waals surface area contributed by atoms with Crippen LogP contribution in [0, 0.1) is 6.92 Å². The van der Waals surface area contributed by atoms with Gasteiger partial charge in [0.2, 0.25) is 5.13 Å². The van der Waals surface area contributed by atoms with E-state index in [2.05, 4.69) is 49.4 Å². The minimum atomic E-state index is 0.293. The number of hydrogen-bond acceptors (Lipinski definition) is 6. The lowest BCUT2D eigenvalue weighted by Gasteiger charge is -2.33. The molecule has 3 aromatic rings. The van der Waals surface area contributed by atoms with Crippen LogP contribution in [0.3, 0.4) is 0 Å². The van der Waals surface area contributed by atoms with Crippen LogP contribution in [0.1, 0.15) is 43.7 Å². The number of aryl methyl sites for hydroxylation is 1. The van der Waals surface area contributed by atoms with Crippen molar-refractivity contribution in [2.24, 2.45) is 0 Å². The minimum absolute atomic E-state index is 0.293. The number of nitrogens with one attached hydrogen (secondary N) is 2. The van der Waals surface area contributed by atoms with Crippen LogP contribution in [-0.2, 0) is 0 Å². The highest BCUT2D eigenvalue weighted by Crippen LogP contribution is 2.30. The number of aromatic nitrogens is 4. The van der Waals surface area contributed by atoms with Gasteiger partial charge in [-0.05, 0) is 26.2 Å². The molecule has 0 bridgehead atoms. The Morgan fingerprint density at radius 3 is 2.67 bits per heavy atom. The highest BCUT2D eigenvalue weighted by Gasteiger charge is 2.24. The molecule has 7 heteroatoms. The van der Waals surface area contributed by atoms with Gasteiger partial charge in [-0.2, -0.15) is 0 Å². The number of hydrogen-bond donors (Lipinski definition) is 2. The Morgan fingerprint density at radius 2 is 2.00 bits per heavy atom. The molecule has 0 aliphatic carbocycles. The van der Waals surface area contributed by atoms with Crippen LogP contribution in [0.15, 0.2) is 36.5 Å². The van der Waals surface area contributed by atoms with Crippen LogP contribution in [0.25, 0.3) is 10.6 Å². The highest BCUT2D eigenvalue weighted by atomic mass is 32.1. The molecule has 4 rings (SSSR count). The Balaban J connectivity index is 1.34. The number of aromatic amines is 1. The Labute approximate surface area is 164 Å². The summed E-state index contributed by atoms with van der Waals surface area (Å²) in [5, 5.41) is 14.6. The number of imidazole rings is 1. The molecule has 1 aliphatic rings. The average molecular weight is 383 g/mol. The first-order valence-corrected chi connectivity index (χ1v) is 10.5. The Morgan fingerprint density at radius 1 is 1.22 bits per heavy atom. The van der Waals surface area contributed by atoms with E-state index in [4.69, 9.17) is 0 Å². The van der Waals surface area contributed by atoms with Crippen LogP contribution in [0.4, 0.5) is 5.13 Å². The molecule has 0 amide bonds. The first kappa shape index (κ1) is 18.1. The van der Waals surface area contributed by atoms with Gasteiger partial charge >= 0.3 is 0 Å². The molecule has 1 saturated heterocycles. The zero-order chi connectivity index (χ0) is 18.6. The quantitative estimate of drug-likeness (QED) is 0.676. The van der Waals surface area contributed by atoms with E-state index in [1.807, 2.05) is 31.3 Å². The van der Waals surface area contributed by atoms with Crippen LogP contribution < -0.4 is 10.2 Å². The fraction of sp³-hybridized carbons (Fsp3) is 0.450. The molecular formula is C20H26N6S. The lowest BCUT2D eigenvalue weighted by molar-refractivity contribution is 0.357. The maximum atomic E-state index is 4.50. The van der Waals surface area contributed by atoms with Crippen LogP contribution in [0.5, 0.6) is 0 Å². The van der Waals surface area contributed by atoms with Gasteiger partial charge in [0.15, 0.2) is 0 Å². The van der Waals surface area contributed by atoms with E-state index in [-0.39, 0.29) is 0 Å². The third kappa shape index (κ3) is 4.20. The van der Waals surface area contributed by atoms with Gasteiger partial charge in [0.25, 0.3) is 0 Å². The smallest absolute Gasteiger partial charge is 0.208 e. The molecular weight excluding hydrogens is 356 g/mol. The Kier molecular flexibility index (Phi) is 5.50. The van der Waals surface area contributed by atoms with Crippen molar-refractivity contribution < 1.29 is 0 Å². The van der Waals surface area contributed by atoms with E-state index < -0.39 is 0 Å². The number of benzene rings is 1. The monoisotopic (exact) mass is 382 g/mol. The maximum Gasteiger partial charge on any atom is 0.208 e. The summed E-state index contributed by atoms with van der Waals surface area (Å²) >= 11 is 1.68. The zero-order valence-electron chi connectivity index (χ0n) is 15.9. The molecule has 0 spiro atoms. The van der Waals surface area contributed by atoms with Crippen molar-refractivity contribution in [3.05, 3.63) is 48.0 Å². The number of nitrogens with zero attached hydrogens (tertiary/aromatic N) is 4.